The first-order valence-electron chi connectivity index (χ1n) is 15.1. The second kappa shape index (κ2) is 12.7. The number of fused-ring (bicyclic) bond motifs is 2. The van der Waals surface area contributed by atoms with Gasteiger partial charge in [-0.25, -0.2) is 0 Å². The zero-order valence-corrected chi connectivity index (χ0v) is 26.4. The van der Waals surface area contributed by atoms with Gasteiger partial charge in [-0.15, -0.1) is 0 Å². The maximum absolute atomic E-state index is 13.2. The van der Waals surface area contributed by atoms with Crippen LogP contribution < -0.4 is 20.1 Å². The normalized spacial score (nSPS) is 14.8. The lowest BCUT2D eigenvalue weighted by atomic mass is 9.90. The van der Waals surface area contributed by atoms with E-state index in [9.17, 15) is 14.4 Å². The summed E-state index contributed by atoms with van der Waals surface area (Å²) >= 11 is 0. The summed E-state index contributed by atoms with van der Waals surface area (Å²) in [6.07, 6.45) is 4.36. The smallest absolute Gasteiger partial charge is 0.261 e. The van der Waals surface area contributed by atoms with Crippen LogP contribution in [0.1, 0.15) is 44.2 Å². The van der Waals surface area contributed by atoms with Crippen LogP contribution in [-0.2, 0) is 22.7 Å². The quantitative estimate of drug-likeness (QED) is 0.178. The summed E-state index contributed by atoms with van der Waals surface area (Å²) in [6, 6.07) is 13.3. The number of aromatic nitrogens is 2. The number of hydrogen-bond acceptors (Lipinski definition) is 7. The van der Waals surface area contributed by atoms with Crippen LogP contribution >= 0.6 is 0 Å². The Morgan fingerprint density at radius 1 is 0.977 bits per heavy atom. The third kappa shape index (κ3) is 6.26. The molecular weight excluding hydrogens is 558 g/mol. The average molecular weight is 600 g/mol. The highest BCUT2D eigenvalue weighted by Crippen LogP contribution is 2.40. The summed E-state index contributed by atoms with van der Waals surface area (Å²) in [5, 5.41) is 0.595. The maximum Gasteiger partial charge on any atom is 0.261 e. The summed E-state index contributed by atoms with van der Waals surface area (Å²) in [7, 11) is 1.70. The molecule has 0 saturated carbocycles. The van der Waals surface area contributed by atoms with Crippen LogP contribution in [0.2, 0.25) is 0 Å². The molecule has 3 aromatic heterocycles. The number of hydrogen-bond donors (Lipinski definition) is 0. The molecule has 0 bridgehead atoms. The summed E-state index contributed by atoms with van der Waals surface area (Å²) in [4.78, 5) is 49.2. The molecule has 0 aliphatic carbocycles. The SMILES string of the molecule is CCN1C(=O)C(C)(C)C(=O)N(C)c2cc(OCCCN(CCn3ccc4oc(C)cc4c3=O)Cc3ccnc(C)c3)ccc21. The van der Waals surface area contributed by atoms with Crippen molar-refractivity contribution in [2.24, 2.45) is 5.41 Å². The molecule has 1 aliphatic rings. The van der Waals surface area contributed by atoms with Crippen LogP contribution in [0, 0.1) is 19.3 Å². The minimum atomic E-state index is -1.16. The van der Waals surface area contributed by atoms with E-state index in [0.29, 0.717) is 60.9 Å². The molecule has 0 unspecified atom stereocenters. The number of ether oxygens (including phenoxy) is 1. The van der Waals surface area contributed by atoms with E-state index >= 15 is 0 Å². The monoisotopic (exact) mass is 599 g/mol. The van der Waals surface area contributed by atoms with Gasteiger partial charge in [0.1, 0.15) is 22.5 Å². The first-order chi connectivity index (χ1) is 21.0. The standard InChI is InChI=1S/C34H41N5O5/c1-7-39-28-10-9-26(21-29(28)36(6)32(41)34(4,5)33(39)42)43-18-8-14-37(22-25-11-13-35-23(2)19-25)16-17-38-15-12-30-27(31(38)40)20-24(3)44-30/h9-13,15,19-21H,7-8,14,16-18,22H2,1-6H3. The number of carbonyl (C=O) groups excluding carboxylic acids is 2. The van der Waals surface area contributed by atoms with E-state index in [4.69, 9.17) is 9.15 Å². The molecule has 0 fully saturated rings. The van der Waals surface area contributed by atoms with E-state index in [0.717, 1.165) is 30.0 Å². The topological polar surface area (TPSA) is 101 Å². The van der Waals surface area contributed by atoms with E-state index in [1.807, 2.05) is 57.3 Å². The fourth-order valence-corrected chi connectivity index (χ4v) is 5.81. The Morgan fingerprint density at radius 2 is 1.77 bits per heavy atom. The van der Waals surface area contributed by atoms with Crippen LogP contribution in [0.4, 0.5) is 11.4 Å². The lowest BCUT2D eigenvalue weighted by Gasteiger charge is -2.27. The van der Waals surface area contributed by atoms with Crippen molar-refractivity contribution in [3.8, 4) is 5.75 Å². The average Bonchev–Trinajstić information content (AvgIpc) is 3.37. The number of benzene rings is 1. The van der Waals surface area contributed by atoms with Gasteiger partial charge in [0.2, 0.25) is 11.8 Å². The second-order valence-electron chi connectivity index (χ2n) is 11.9. The van der Waals surface area contributed by atoms with Crippen LogP contribution in [-0.4, -0.2) is 59.6 Å². The highest BCUT2D eigenvalue weighted by atomic mass is 16.5. The van der Waals surface area contributed by atoms with Gasteiger partial charge in [0.25, 0.3) is 5.56 Å². The fourth-order valence-electron chi connectivity index (χ4n) is 5.81. The van der Waals surface area contributed by atoms with Gasteiger partial charge in [0.05, 0.1) is 23.4 Å². The molecule has 0 atom stereocenters. The Kier molecular flexibility index (Phi) is 8.92. The molecule has 5 rings (SSSR count). The predicted molar refractivity (Wildman–Crippen MR) is 171 cm³/mol. The van der Waals surface area contributed by atoms with E-state index < -0.39 is 5.41 Å². The number of furan rings is 1. The van der Waals surface area contributed by atoms with Crippen molar-refractivity contribution >= 4 is 34.2 Å². The lowest BCUT2D eigenvalue weighted by molar-refractivity contribution is -0.137. The Bertz CT molecular complexity index is 1740. The van der Waals surface area contributed by atoms with Crippen molar-refractivity contribution in [1.29, 1.82) is 0 Å². The molecule has 4 heterocycles. The Labute approximate surface area is 257 Å². The zero-order valence-electron chi connectivity index (χ0n) is 26.4. The molecule has 1 aromatic carbocycles. The highest BCUT2D eigenvalue weighted by Gasteiger charge is 2.45. The Morgan fingerprint density at radius 3 is 2.52 bits per heavy atom. The third-order valence-corrected chi connectivity index (χ3v) is 8.23. The molecule has 0 saturated heterocycles. The second-order valence-corrected chi connectivity index (χ2v) is 11.9. The summed E-state index contributed by atoms with van der Waals surface area (Å²) < 4.78 is 13.5. The summed E-state index contributed by atoms with van der Waals surface area (Å²) in [5.74, 6) is 0.895. The Balaban J connectivity index is 1.26. The van der Waals surface area contributed by atoms with Gasteiger partial charge >= 0.3 is 0 Å². The first kappa shape index (κ1) is 31.0. The molecule has 0 spiro atoms. The molecule has 0 N–H and O–H groups in total. The minimum absolute atomic E-state index is 0.0548. The van der Waals surface area contributed by atoms with Gasteiger partial charge in [0.15, 0.2) is 0 Å². The summed E-state index contributed by atoms with van der Waals surface area (Å²) in [5.41, 5.74) is 2.86. The lowest BCUT2D eigenvalue weighted by Crippen LogP contribution is -2.47. The highest BCUT2D eigenvalue weighted by molar-refractivity contribution is 6.20. The van der Waals surface area contributed by atoms with Crippen molar-refractivity contribution in [1.82, 2.24) is 14.5 Å². The van der Waals surface area contributed by atoms with Gasteiger partial charge < -0.3 is 23.5 Å². The maximum atomic E-state index is 13.2. The number of amides is 2. The first-order valence-corrected chi connectivity index (χ1v) is 15.1. The van der Waals surface area contributed by atoms with E-state index in [1.54, 1.807) is 47.5 Å². The number of nitrogens with zero attached hydrogens (tertiary/aromatic N) is 5. The van der Waals surface area contributed by atoms with Gasteiger partial charge in [-0.3, -0.25) is 24.3 Å². The van der Waals surface area contributed by atoms with Crippen LogP contribution in [0.15, 0.2) is 64.1 Å². The molecular formula is C34H41N5O5. The Hall–Kier alpha value is -4.44. The van der Waals surface area contributed by atoms with Crippen molar-refractivity contribution in [2.75, 3.05) is 43.1 Å². The largest absolute Gasteiger partial charge is 0.493 e. The number of pyridine rings is 2. The van der Waals surface area contributed by atoms with Crippen molar-refractivity contribution in [3.05, 3.63) is 82.2 Å². The number of anilines is 2. The minimum Gasteiger partial charge on any atom is -0.493 e. The number of rotatable bonds is 11. The van der Waals surface area contributed by atoms with Gasteiger partial charge in [-0.05, 0) is 83.0 Å². The van der Waals surface area contributed by atoms with Crippen LogP contribution in [0.25, 0.3) is 11.0 Å². The summed E-state index contributed by atoms with van der Waals surface area (Å²) in [6.45, 7) is 12.7. The van der Waals surface area contributed by atoms with Crippen LogP contribution in [0.3, 0.4) is 0 Å². The third-order valence-electron chi connectivity index (χ3n) is 8.23. The fraction of sp³-hybridized carbons (Fsp3) is 0.412. The molecule has 2 amide bonds. The van der Waals surface area contributed by atoms with E-state index in [1.165, 1.54) is 0 Å². The number of carbonyl (C=O) groups is 2. The molecule has 4 aromatic rings. The molecule has 232 valence electrons. The van der Waals surface area contributed by atoms with Crippen molar-refractivity contribution < 1.29 is 18.7 Å². The van der Waals surface area contributed by atoms with Gasteiger partial charge in [-0.1, -0.05) is 0 Å². The van der Waals surface area contributed by atoms with Gasteiger partial charge in [0, 0.05) is 63.9 Å². The molecule has 1 aliphatic heterocycles. The van der Waals surface area contributed by atoms with Crippen molar-refractivity contribution in [2.45, 2.75) is 54.1 Å². The zero-order chi connectivity index (χ0) is 31.6. The molecule has 44 heavy (non-hydrogen) atoms. The predicted octanol–water partition coefficient (Wildman–Crippen LogP) is 4.93. The van der Waals surface area contributed by atoms with E-state index in [2.05, 4.69) is 16.0 Å². The molecule has 10 heteroatoms. The van der Waals surface area contributed by atoms with Crippen molar-refractivity contribution in [3.63, 3.8) is 0 Å². The van der Waals surface area contributed by atoms with E-state index in [-0.39, 0.29) is 17.4 Å². The molecule has 10 nitrogen and oxygen atoms in total. The molecule has 0 radical (unpaired) electrons. The van der Waals surface area contributed by atoms with Crippen LogP contribution in [0.5, 0.6) is 5.75 Å². The number of aryl methyl sites for hydroxylation is 2. The van der Waals surface area contributed by atoms with Gasteiger partial charge in [-0.2, -0.15) is 0 Å².